The van der Waals surface area contributed by atoms with Gasteiger partial charge in [0, 0.05) is 12.3 Å². The molecule has 4 aromatic heterocycles. The third kappa shape index (κ3) is 3.00. The maximum Gasteiger partial charge on any atom is 0.459 e. The second kappa shape index (κ2) is 6.69. The van der Waals surface area contributed by atoms with Gasteiger partial charge in [-0.25, -0.2) is 4.98 Å². The predicted molar refractivity (Wildman–Crippen MR) is 87.9 cm³/mol. The van der Waals surface area contributed by atoms with Crippen LogP contribution in [0.25, 0.3) is 28.3 Å². The molecule has 0 saturated heterocycles. The first-order chi connectivity index (χ1) is 13.2. The molecule has 4 heterocycles. The van der Waals surface area contributed by atoms with E-state index in [-0.39, 0.29) is 34.3 Å². The molecule has 0 atom stereocenters. The number of pyridine rings is 2. The van der Waals surface area contributed by atoms with Crippen LogP contribution in [0, 0.1) is 0 Å². The van der Waals surface area contributed by atoms with Crippen LogP contribution in [0.4, 0.5) is 22.0 Å². The molecule has 4 aromatic rings. The zero-order chi connectivity index (χ0) is 20.7. The summed E-state index contributed by atoms with van der Waals surface area (Å²) < 4.78 is 71.3. The Morgan fingerprint density at radius 1 is 1.14 bits per heavy atom. The topological polar surface area (TPSA) is 89.1 Å². The molecule has 7 nitrogen and oxygen atoms in total. The minimum absolute atomic E-state index is 0.0148. The van der Waals surface area contributed by atoms with Crippen molar-refractivity contribution in [3.8, 4) is 11.6 Å². The number of fused-ring (bicyclic) bond motifs is 3. The van der Waals surface area contributed by atoms with Crippen LogP contribution in [-0.2, 0) is 5.92 Å². The molecule has 0 aliphatic rings. The molecule has 0 bridgehead atoms. The summed E-state index contributed by atoms with van der Waals surface area (Å²) >= 11 is 0. The van der Waals surface area contributed by atoms with Crippen molar-refractivity contribution < 1.29 is 26.4 Å². The lowest BCUT2D eigenvalue weighted by molar-refractivity contribution is -0.290. The first-order valence-corrected chi connectivity index (χ1v) is 7.95. The first-order valence-electron chi connectivity index (χ1n) is 7.95. The number of halogens is 5. The quantitative estimate of drug-likeness (QED) is 0.515. The monoisotopic (exact) mass is 401 g/mol. The summed E-state index contributed by atoms with van der Waals surface area (Å²) in [6.45, 7) is 4.00. The molecule has 0 aromatic carbocycles. The molecule has 0 fully saturated rings. The zero-order valence-electron chi connectivity index (χ0n) is 14.4. The van der Waals surface area contributed by atoms with Crippen molar-refractivity contribution in [1.82, 2.24) is 24.6 Å². The van der Waals surface area contributed by atoms with Crippen LogP contribution >= 0.6 is 0 Å². The number of hydrogen-bond donors (Lipinski definition) is 1. The highest BCUT2D eigenvalue weighted by atomic mass is 19.4. The van der Waals surface area contributed by atoms with Crippen LogP contribution in [-0.4, -0.2) is 30.7 Å². The Hall–Kier alpha value is -3.31. The van der Waals surface area contributed by atoms with E-state index in [4.69, 9.17) is 4.42 Å². The molecular formula is C16H12F5N5O2. The average molecular weight is 401 g/mol. The molecule has 0 aliphatic carbocycles. The Bertz CT molecular complexity index is 1180. The second-order valence-corrected chi connectivity index (χ2v) is 5.31. The summed E-state index contributed by atoms with van der Waals surface area (Å²) in [5, 5.41) is 7.02. The van der Waals surface area contributed by atoms with Gasteiger partial charge in [-0.05, 0) is 12.1 Å². The lowest BCUT2D eigenvalue weighted by Gasteiger charge is -2.19. The number of H-pyrrole nitrogens is 1. The SMILES string of the molecule is CC.O=c1cc(C(F)(F)C(F)(F)F)[nH]c2c1ccc1nc(-c3nnco3)cn12. The van der Waals surface area contributed by atoms with Crippen molar-refractivity contribution >= 4 is 16.7 Å². The Kier molecular flexibility index (Phi) is 4.65. The van der Waals surface area contributed by atoms with Crippen LogP contribution < -0.4 is 5.43 Å². The Morgan fingerprint density at radius 3 is 2.46 bits per heavy atom. The normalized spacial score (nSPS) is 12.2. The molecule has 1 N–H and O–H groups in total. The van der Waals surface area contributed by atoms with Gasteiger partial charge >= 0.3 is 12.1 Å². The van der Waals surface area contributed by atoms with Crippen molar-refractivity contribution in [2.45, 2.75) is 25.9 Å². The third-order valence-electron chi connectivity index (χ3n) is 3.70. The number of nitrogens with one attached hydrogen (secondary N) is 1. The fourth-order valence-corrected chi connectivity index (χ4v) is 2.47. The average Bonchev–Trinajstić information content (AvgIpc) is 3.31. The van der Waals surface area contributed by atoms with Gasteiger partial charge < -0.3 is 9.40 Å². The number of aromatic nitrogens is 5. The Labute approximate surface area is 152 Å². The van der Waals surface area contributed by atoms with Crippen molar-refractivity contribution in [2.75, 3.05) is 0 Å². The minimum Gasteiger partial charge on any atom is -0.422 e. The highest BCUT2D eigenvalue weighted by Gasteiger charge is 2.59. The summed E-state index contributed by atoms with van der Waals surface area (Å²) in [7, 11) is 0. The number of imidazole rings is 1. The van der Waals surface area contributed by atoms with Gasteiger partial charge in [-0.2, -0.15) is 22.0 Å². The summed E-state index contributed by atoms with van der Waals surface area (Å²) in [5.41, 5.74) is -2.50. The van der Waals surface area contributed by atoms with Crippen LogP contribution in [0.1, 0.15) is 19.5 Å². The molecular weight excluding hydrogens is 389 g/mol. The fraction of sp³-hybridized carbons (Fsp3) is 0.250. The van der Waals surface area contributed by atoms with E-state index in [9.17, 15) is 26.7 Å². The number of aromatic amines is 1. The fourth-order valence-electron chi connectivity index (χ4n) is 2.47. The maximum atomic E-state index is 13.6. The first kappa shape index (κ1) is 19.5. The molecule has 148 valence electrons. The van der Waals surface area contributed by atoms with Gasteiger partial charge in [-0.3, -0.25) is 9.20 Å². The molecule has 12 heteroatoms. The number of nitrogens with zero attached hydrogens (tertiary/aromatic N) is 4. The van der Waals surface area contributed by atoms with E-state index in [1.807, 2.05) is 18.8 Å². The van der Waals surface area contributed by atoms with Crippen molar-refractivity contribution in [1.29, 1.82) is 0 Å². The van der Waals surface area contributed by atoms with Gasteiger partial charge in [0.1, 0.15) is 22.7 Å². The molecule has 0 spiro atoms. The van der Waals surface area contributed by atoms with Gasteiger partial charge in [-0.15, -0.1) is 10.2 Å². The Morgan fingerprint density at radius 2 is 1.86 bits per heavy atom. The van der Waals surface area contributed by atoms with Crippen LogP contribution in [0.15, 0.2) is 40.0 Å². The molecule has 0 radical (unpaired) electrons. The van der Waals surface area contributed by atoms with E-state index in [0.29, 0.717) is 0 Å². The molecule has 28 heavy (non-hydrogen) atoms. The van der Waals surface area contributed by atoms with Gasteiger partial charge in [0.25, 0.3) is 5.89 Å². The predicted octanol–water partition coefficient (Wildman–Crippen LogP) is 3.91. The van der Waals surface area contributed by atoms with E-state index in [1.165, 1.54) is 18.3 Å². The van der Waals surface area contributed by atoms with Crippen LogP contribution in [0.2, 0.25) is 0 Å². The van der Waals surface area contributed by atoms with Crippen molar-refractivity contribution in [2.24, 2.45) is 0 Å². The summed E-state index contributed by atoms with van der Waals surface area (Å²) in [6, 6.07) is 2.90. The standard InChI is InChI=1S/C14H6F5N5O2.C2H6/c15-13(16,14(17,18)19)9-3-8(25)6-1-2-10-21-7(12-23-20-5-26-12)4-24(10)11(6)22-9;1-2/h1-5H,(H,22,25);1-2H3. The van der Waals surface area contributed by atoms with E-state index in [1.54, 1.807) is 0 Å². The lowest BCUT2D eigenvalue weighted by Crippen LogP contribution is -2.35. The van der Waals surface area contributed by atoms with E-state index in [2.05, 4.69) is 15.2 Å². The maximum absolute atomic E-state index is 13.6. The summed E-state index contributed by atoms with van der Waals surface area (Å²) in [5.74, 6) is -5.21. The molecule has 0 amide bonds. The van der Waals surface area contributed by atoms with Gasteiger partial charge in [0.2, 0.25) is 6.39 Å². The van der Waals surface area contributed by atoms with Crippen LogP contribution in [0.3, 0.4) is 0 Å². The lowest BCUT2D eigenvalue weighted by atomic mass is 10.1. The molecule has 0 saturated carbocycles. The smallest absolute Gasteiger partial charge is 0.422 e. The van der Waals surface area contributed by atoms with E-state index in [0.717, 1.165) is 10.8 Å². The van der Waals surface area contributed by atoms with Gasteiger partial charge in [-0.1, -0.05) is 13.8 Å². The van der Waals surface area contributed by atoms with Gasteiger partial charge in [0.15, 0.2) is 5.43 Å². The largest absolute Gasteiger partial charge is 0.459 e. The van der Waals surface area contributed by atoms with E-state index < -0.39 is 23.2 Å². The van der Waals surface area contributed by atoms with Crippen molar-refractivity contribution in [3.63, 3.8) is 0 Å². The number of alkyl halides is 5. The Balaban J connectivity index is 0.00000109. The molecule has 4 rings (SSSR count). The number of hydrogen-bond acceptors (Lipinski definition) is 5. The number of rotatable bonds is 2. The van der Waals surface area contributed by atoms with Gasteiger partial charge in [0.05, 0.1) is 5.39 Å². The highest BCUT2D eigenvalue weighted by molar-refractivity contribution is 5.79. The van der Waals surface area contributed by atoms with E-state index >= 15 is 0 Å². The van der Waals surface area contributed by atoms with Crippen molar-refractivity contribution in [3.05, 3.63) is 46.7 Å². The third-order valence-corrected chi connectivity index (χ3v) is 3.70. The zero-order valence-corrected chi connectivity index (χ0v) is 14.4. The molecule has 0 aliphatic heterocycles. The minimum atomic E-state index is -5.86. The van der Waals surface area contributed by atoms with Crippen LogP contribution in [0.5, 0.6) is 0 Å². The highest BCUT2D eigenvalue weighted by Crippen LogP contribution is 2.42. The summed E-state index contributed by atoms with van der Waals surface area (Å²) in [6.07, 6.45) is -3.54. The molecule has 0 unspecified atom stereocenters. The summed E-state index contributed by atoms with van der Waals surface area (Å²) in [4.78, 5) is 18.2. The second-order valence-electron chi connectivity index (χ2n) is 5.31.